The second-order valence-corrected chi connectivity index (χ2v) is 8.88. The molecule has 0 unspecified atom stereocenters. The molecule has 31 heavy (non-hydrogen) atoms. The lowest BCUT2D eigenvalue weighted by atomic mass is 9.78. The zero-order chi connectivity index (χ0) is 21.4. The first kappa shape index (κ1) is 19.7. The molecule has 2 aliphatic rings. The molecule has 5 rings (SSSR count). The largest absolute Gasteiger partial charge is 0.351 e. The molecule has 1 aliphatic carbocycles. The molecule has 3 heterocycles. The summed E-state index contributed by atoms with van der Waals surface area (Å²) in [4.78, 5) is 31.6. The Morgan fingerprint density at radius 3 is 2.48 bits per heavy atom. The highest BCUT2D eigenvalue weighted by Gasteiger charge is 2.40. The maximum absolute atomic E-state index is 11.6. The number of carbonyl (C=O) groups is 1. The monoisotopic (exact) mass is 417 g/mol. The van der Waals surface area contributed by atoms with Gasteiger partial charge in [0, 0.05) is 61.6 Å². The average Bonchev–Trinajstić information content (AvgIpc) is 3.15. The number of carbonyl (C=O) groups excluding carboxylic acids is 1. The molecular formula is C23H27N7O. The van der Waals surface area contributed by atoms with Crippen LogP contribution in [0.25, 0.3) is 22.0 Å². The molecule has 2 N–H and O–H groups in total. The number of hydrogen-bond acceptors (Lipinski definition) is 7. The standard InChI is InChI=1S/C23H27N7O/c1-30(2)22-25-13-17(14-26-22)15-3-4-16-12-24-21(28-19(16)11-15)27-18-5-8-23(9-6-18)10-7-20(31)29-23/h3-4,11-14,18H,5-10H2,1-2H3,(H,29,31)(H,24,27,28). The van der Waals surface area contributed by atoms with E-state index < -0.39 is 0 Å². The van der Waals surface area contributed by atoms with Crippen LogP contribution in [-0.2, 0) is 4.79 Å². The molecule has 1 saturated carbocycles. The van der Waals surface area contributed by atoms with Crippen LogP contribution in [0.4, 0.5) is 11.9 Å². The van der Waals surface area contributed by atoms with Crippen LogP contribution >= 0.6 is 0 Å². The van der Waals surface area contributed by atoms with E-state index in [0.29, 0.717) is 24.4 Å². The molecule has 0 bridgehead atoms. The Morgan fingerprint density at radius 1 is 1.03 bits per heavy atom. The first-order valence-corrected chi connectivity index (χ1v) is 10.8. The maximum Gasteiger partial charge on any atom is 0.224 e. The Kier molecular flexibility index (Phi) is 4.92. The number of rotatable bonds is 4. The van der Waals surface area contributed by atoms with Gasteiger partial charge in [-0.15, -0.1) is 0 Å². The Morgan fingerprint density at radius 2 is 1.81 bits per heavy atom. The van der Waals surface area contributed by atoms with E-state index in [1.807, 2.05) is 49.7 Å². The van der Waals surface area contributed by atoms with Gasteiger partial charge < -0.3 is 15.5 Å². The van der Waals surface area contributed by atoms with Crippen LogP contribution in [0.5, 0.6) is 0 Å². The van der Waals surface area contributed by atoms with Gasteiger partial charge in [0.15, 0.2) is 0 Å². The zero-order valence-corrected chi connectivity index (χ0v) is 17.9. The van der Waals surface area contributed by atoms with Crippen LogP contribution in [0.3, 0.4) is 0 Å². The highest BCUT2D eigenvalue weighted by molar-refractivity contribution is 5.84. The lowest BCUT2D eigenvalue weighted by molar-refractivity contribution is -0.120. The van der Waals surface area contributed by atoms with Gasteiger partial charge in [-0.1, -0.05) is 12.1 Å². The minimum Gasteiger partial charge on any atom is -0.351 e. The number of fused-ring (bicyclic) bond motifs is 1. The minimum atomic E-state index is 0.0264. The first-order valence-electron chi connectivity index (χ1n) is 10.8. The molecular weight excluding hydrogens is 390 g/mol. The van der Waals surface area contributed by atoms with Gasteiger partial charge in [-0.05, 0) is 43.7 Å². The Hall–Kier alpha value is -3.29. The molecule has 1 aromatic carbocycles. The van der Waals surface area contributed by atoms with Gasteiger partial charge in [-0.25, -0.2) is 19.9 Å². The van der Waals surface area contributed by atoms with Crippen LogP contribution in [0.15, 0.2) is 36.8 Å². The summed E-state index contributed by atoms with van der Waals surface area (Å²) >= 11 is 0. The highest BCUT2D eigenvalue weighted by atomic mass is 16.2. The molecule has 3 aromatic rings. The summed E-state index contributed by atoms with van der Waals surface area (Å²) in [5.74, 6) is 1.53. The van der Waals surface area contributed by atoms with Gasteiger partial charge in [0.1, 0.15) is 0 Å². The van der Waals surface area contributed by atoms with Gasteiger partial charge in [0.25, 0.3) is 0 Å². The SMILES string of the molecule is CN(C)c1ncc(-c2ccc3cnc(NC4CCC5(CCC(=O)N5)CC4)nc3c2)cn1. The van der Waals surface area contributed by atoms with Gasteiger partial charge in [-0.3, -0.25) is 4.79 Å². The summed E-state index contributed by atoms with van der Waals surface area (Å²) in [5.41, 5.74) is 2.90. The maximum atomic E-state index is 11.6. The van der Waals surface area contributed by atoms with Gasteiger partial charge in [0.2, 0.25) is 17.8 Å². The van der Waals surface area contributed by atoms with Crippen LogP contribution in [-0.4, -0.2) is 51.5 Å². The van der Waals surface area contributed by atoms with Gasteiger partial charge in [-0.2, -0.15) is 0 Å². The predicted octanol–water partition coefficient (Wildman–Crippen LogP) is 3.16. The summed E-state index contributed by atoms with van der Waals surface area (Å²) in [5, 5.41) is 7.70. The summed E-state index contributed by atoms with van der Waals surface area (Å²) in [6.45, 7) is 0. The Bertz CT molecular complexity index is 1100. The molecule has 8 heteroatoms. The fourth-order valence-corrected chi connectivity index (χ4v) is 4.62. The minimum absolute atomic E-state index is 0.0264. The number of benzene rings is 1. The van der Waals surface area contributed by atoms with E-state index in [-0.39, 0.29) is 11.4 Å². The number of nitrogens with one attached hydrogen (secondary N) is 2. The fourth-order valence-electron chi connectivity index (χ4n) is 4.62. The van der Waals surface area contributed by atoms with E-state index in [4.69, 9.17) is 4.98 Å². The summed E-state index contributed by atoms with van der Waals surface area (Å²) in [6.07, 6.45) is 11.2. The topological polar surface area (TPSA) is 95.9 Å². The molecule has 0 radical (unpaired) electrons. The number of anilines is 2. The van der Waals surface area contributed by atoms with E-state index in [2.05, 4.69) is 31.7 Å². The van der Waals surface area contributed by atoms with Crippen LogP contribution in [0.1, 0.15) is 38.5 Å². The van der Waals surface area contributed by atoms with Crippen molar-refractivity contribution in [3.63, 3.8) is 0 Å². The molecule has 1 amide bonds. The smallest absolute Gasteiger partial charge is 0.224 e. The molecule has 0 atom stereocenters. The Balaban J connectivity index is 1.31. The normalized spacial score (nSPS) is 23.2. The number of hydrogen-bond donors (Lipinski definition) is 2. The van der Waals surface area contributed by atoms with E-state index in [1.54, 1.807) is 0 Å². The second-order valence-electron chi connectivity index (χ2n) is 8.88. The lowest BCUT2D eigenvalue weighted by Gasteiger charge is -2.37. The first-order chi connectivity index (χ1) is 15.0. The van der Waals surface area contributed by atoms with E-state index in [9.17, 15) is 4.79 Å². The van der Waals surface area contributed by atoms with Gasteiger partial charge >= 0.3 is 0 Å². The molecule has 160 valence electrons. The highest BCUT2D eigenvalue weighted by Crippen LogP contribution is 2.36. The third-order valence-corrected chi connectivity index (χ3v) is 6.47. The van der Waals surface area contributed by atoms with E-state index >= 15 is 0 Å². The molecule has 2 aromatic heterocycles. The van der Waals surface area contributed by atoms with Gasteiger partial charge in [0.05, 0.1) is 5.52 Å². The Labute approximate surface area is 181 Å². The van der Waals surface area contributed by atoms with Crippen molar-refractivity contribution in [3.05, 3.63) is 36.8 Å². The quantitative estimate of drug-likeness (QED) is 0.673. The molecule has 8 nitrogen and oxygen atoms in total. The predicted molar refractivity (Wildman–Crippen MR) is 121 cm³/mol. The van der Waals surface area contributed by atoms with Crippen molar-refractivity contribution in [1.29, 1.82) is 0 Å². The third-order valence-electron chi connectivity index (χ3n) is 6.47. The number of amides is 1. The van der Waals surface area contributed by atoms with Crippen molar-refractivity contribution in [1.82, 2.24) is 25.3 Å². The summed E-state index contributed by atoms with van der Waals surface area (Å²) in [7, 11) is 3.85. The second kappa shape index (κ2) is 7.76. The number of aromatic nitrogens is 4. The molecule has 1 saturated heterocycles. The van der Waals surface area contributed by atoms with Crippen molar-refractivity contribution >= 4 is 28.7 Å². The lowest BCUT2D eigenvalue weighted by Crippen LogP contribution is -2.46. The number of nitrogens with zero attached hydrogens (tertiary/aromatic N) is 5. The average molecular weight is 418 g/mol. The molecule has 1 aliphatic heterocycles. The summed E-state index contributed by atoms with van der Waals surface area (Å²) < 4.78 is 0. The third kappa shape index (κ3) is 4.02. The fraction of sp³-hybridized carbons (Fsp3) is 0.435. The molecule has 2 fully saturated rings. The molecule has 1 spiro atoms. The summed E-state index contributed by atoms with van der Waals surface area (Å²) in [6, 6.07) is 6.46. The van der Waals surface area contributed by atoms with E-state index in [1.165, 1.54) is 0 Å². The van der Waals surface area contributed by atoms with Crippen molar-refractivity contribution in [2.45, 2.75) is 50.1 Å². The zero-order valence-electron chi connectivity index (χ0n) is 17.9. The van der Waals surface area contributed by atoms with E-state index in [0.717, 1.165) is 54.1 Å². The van der Waals surface area contributed by atoms with Crippen molar-refractivity contribution < 1.29 is 4.79 Å². The van der Waals surface area contributed by atoms with Crippen LogP contribution < -0.4 is 15.5 Å². The van der Waals surface area contributed by atoms with Crippen molar-refractivity contribution in [3.8, 4) is 11.1 Å². The van der Waals surface area contributed by atoms with Crippen molar-refractivity contribution in [2.24, 2.45) is 0 Å². The van der Waals surface area contributed by atoms with Crippen LogP contribution in [0.2, 0.25) is 0 Å². The van der Waals surface area contributed by atoms with Crippen molar-refractivity contribution in [2.75, 3.05) is 24.3 Å². The van der Waals surface area contributed by atoms with Crippen LogP contribution in [0, 0.1) is 0 Å².